The first-order valence-corrected chi connectivity index (χ1v) is 9.40. The summed E-state index contributed by atoms with van der Waals surface area (Å²) in [5.74, 6) is 1.50. The highest BCUT2D eigenvalue weighted by atomic mass is 32.2. The molecule has 0 saturated carbocycles. The van der Waals surface area contributed by atoms with E-state index in [0.717, 1.165) is 52.0 Å². The van der Waals surface area contributed by atoms with Crippen LogP contribution < -0.4 is 5.32 Å². The SMILES string of the molecule is CCCNCC(CCOCCC)C1CCS(=O)(=O)C1. The molecular weight excluding hydrogens is 262 g/mol. The van der Waals surface area contributed by atoms with Crippen LogP contribution in [0.2, 0.25) is 0 Å². The molecule has 19 heavy (non-hydrogen) atoms. The van der Waals surface area contributed by atoms with Gasteiger partial charge in [0.15, 0.2) is 9.84 Å². The summed E-state index contributed by atoms with van der Waals surface area (Å²) in [6.45, 7) is 7.73. The minimum Gasteiger partial charge on any atom is -0.381 e. The summed E-state index contributed by atoms with van der Waals surface area (Å²) in [6.07, 6.45) is 3.95. The second kappa shape index (κ2) is 8.93. The lowest BCUT2D eigenvalue weighted by Crippen LogP contribution is -2.30. The predicted molar refractivity (Wildman–Crippen MR) is 79.1 cm³/mol. The van der Waals surface area contributed by atoms with Crippen LogP contribution in [0.5, 0.6) is 0 Å². The van der Waals surface area contributed by atoms with Crippen LogP contribution >= 0.6 is 0 Å². The first kappa shape index (κ1) is 16.9. The highest BCUT2D eigenvalue weighted by molar-refractivity contribution is 7.91. The summed E-state index contributed by atoms with van der Waals surface area (Å²) >= 11 is 0. The summed E-state index contributed by atoms with van der Waals surface area (Å²) < 4.78 is 28.8. The molecule has 5 heteroatoms. The van der Waals surface area contributed by atoms with Crippen LogP contribution in [0.15, 0.2) is 0 Å². The third-order valence-corrected chi connectivity index (χ3v) is 5.54. The number of hydrogen-bond acceptors (Lipinski definition) is 4. The zero-order valence-corrected chi connectivity index (χ0v) is 13.2. The van der Waals surface area contributed by atoms with Crippen molar-refractivity contribution in [2.24, 2.45) is 11.8 Å². The molecule has 0 aromatic rings. The highest BCUT2D eigenvalue weighted by Gasteiger charge is 2.33. The Morgan fingerprint density at radius 3 is 2.63 bits per heavy atom. The Morgan fingerprint density at radius 2 is 2.05 bits per heavy atom. The normalized spacial score (nSPS) is 23.6. The number of hydrogen-bond donors (Lipinski definition) is 1. The number of sulfone groups is 1. The molecule has 0 aliphatic carbocycles. The van der Waals surface area contributed by atoms with Gasteiger partial charge in [0.05, 0.1) is 11.5 Å². The Bertz CT molecular complexity index is 330. The predicted octanol–water partition coefficient (Wildman–Crippen LogP) is 1.85. The topological polar surface area (TPSA) is 55.4 Å². The number of nitrogens with one attached hydrogen (secondary N) is 1. The first-order chi connectivity index (χ1) is 9.09. The smallest absolute Gasteiger partial charge is 0.150 e. The van der Waals surface area contributed by atoms with E-state index < -0.39 is 9.84 Å². The van der Waals surface area contributed by atoms with Crippen LogP contribution in [0, 0.1) is 11.8 Å². The van der Waals surface area contributed by atoms with E-state index in [4.69, 9.17) is 4.74 Å². The molecule has 2 unspecified atom stereocenters. The molecule has 1 heterocycles. The molecule has 1 rings (SSSR count). The Labute approximate surface area is 118 Å². The lowest BCUT2D eigenvalue weighted by Gasteiger charge is -2.23. The molecule has 1 aliphatic heterocycles. The fourth-order valence-electron chi connectivity index (χ4n) is 2.65. The summed E-state index contributed by atoms with van der Waals surface area (Å²) in [6, 6.07) is 0. The summed E-state index contributed by atoms with van der Waals surface area (Å²) in [4.78, 5) is 0. The third kappa shape index (κ3) is 6.72. The van der Waals surface area contributed by atoms with Gasteiger partial charge in [-0.2, -0.15) is 0 Å². The molecule has 0 aromatic heterocycles. The summed E-state index contributed by atoms with van der Waals surface area (Å²) in [5.41, 5.74) is 0. The highest BCUT2D eigenvalue weighted by Crippen LogP contribution is 2.28. The van der Waals surface area contributed by atoms with E-state index in [9.17, 15) is 8.42 Å². The van der Waals surface area contributed by atoms with Gasteiger partial charge in [-0.25, -0.2) is 8.42 Å². The fourth-order valence-corrected chi connectivity index (χ4v) is 4.57. The molecule has 1 aliphatic rings. The summed E-state index contributed by atoms with van der Waals surface area (Å²) in [5, 5.41) is 3.43. The number of rotatable bonds is 10. The van der Waals surface area contributed by atoms with E-state index in [1.807, 2.05) is 0 Å². The minimum atomic E-state index is -2.77. The third-order valence-electron chi connectivity index (χ3n) is 3.75. The van der Waals surface area contributed by atoms with Gasteiger partial charge in [0.1, 0.15) is 0 Å². The first-order valence-electron chi connectivity index (χ1n) is 7.58. The van der Waals surface area contributed by atoms with E-state index in [1.54, 1.807) is 0 Å². The van der Waals surface area contributed by atoms with Crippen LogP contribution in [-0.2, 0) is 14.6 Å². The van der Waals surface area contributed by atoms with Crippen molar-refractivity contribution < 1.29 is 13.2 Å². The average molecular weight is 291 g/mol. The molecule has 1 saturated heterocycles. The lowest BCUT2D eigenvalue weighted by atomic mass is 9.89. The van der Waals surface area contributed by atoms with E-state index in [0.29, 0.717) is 23.3 Å². The maximum Gasteiger partial charge on any atom is 0.150 e. The second-order valence-electron chi connectivity index (χ2n) is 5.53. The Hall–Kier alpha value is -0.130. The molecule has 0 radical (unpaired) electrons. The van der Waals surface area contributed by atoms with Gasteiger partial charge in [-0.15, -0.1) is 0 Å². The van der Waals surface area contributed by atoms with Crippen LogP contribution in [0.4, 0.5) is 0 Å². The largest absolute Gasteiger partial charge is 0.381 e. The van der Waals surface area contributed by atoms with Crippen molar-refractivity contribution >= 4 is 9.84 Å². The molecular formula is C14H29NO3S. The van der Waals surface area contributed by atoms with Gasteiger partial charge in [0.25, 0.3) is 0 Å². The van der Waals surface area contributed by atoms with Crippen molar-refractivity contribution in [2.75, 3.05) is 37.8 Å². The quantitative estimate of drug-likeness (QED) is 0.624. The van der Waals surface area contributed by atoms with E-state index in [1.165, 1.54) is 0 Å². The molecule has 1 fully saturated rings. The monoisotopic (exact) mass is 291 g/mol. The standard InChI is InChI=1S/C14H29NO3S/c1-3-7-15-11-13(5-9-18-8-4-2)14-6-10-19(16,17)12-14/h13-15H,3-12H2,1-2H3. The number of ether oxygens (including phenoxy) is 1. The van der Waals surface area contributed by atoms with Gasteiger partial charge in [0, 0.05) is 13.2 Å². The second-order valence-corrected chi connectivity index (χ2v) is 7.76. The van der Waals surface area contributed by atoms with Crippen LogP contribution in [-0.4, -0.2) is 46.2 Å². The van der Waals surface area contributed by atoms with Crippen molar-refractivity contribution in [1.82, 2.24) is 5.32 Å². The molecule has 0 aromatic carbocycles. The van der Waals surface area contributed by atoms with Gasteiger partial charge >= 0.3 is 0 Å². The van der Waals surface area contributed by atoms with Crippen molar-refractivity contribution in [1.29, 1.82) is 0 Å². The Balaban J connectivity index is 2.39. The van der Waals surface area contributed by atoms with Crippen molar-refractivity contribution in [3.63, 3.8) is 0 Å². The average Bonchev–Trinajstić information content (AvgIpc) is 2.73. The maximum absolute atomic E-state index is 11.6. The van der Waals surface area contributed by atoms with Crippen LogP contribution in [0.25, 0.3) is 0 Å². The van der Waals surface area contributed by atoms with Crippen molar-refractivity contribution in [3.05, 3.63) is 0 Å². The summed E-state index contributed by atoms with van der Waals surface area (Å²) in [7, 11) is -2.77. The van der Waals surface area contributed by atoms with Gasteiger partial charge in [-0.1, -0.05) is 13.8 Å². The van der Waals surface area contributed by atoms with E-state index in [2.05, 4.69) is 19.2 Å². The Morgan fingerprint density at radius 1 is 1.26 bits per heavy atom. The van der Waals surface area contributed by atoms with Gasteiger partial charge < -0.3 is 10.1 Å². The molecule has 0 bridgehead atoms. The van der Waals surface area contributed by atoms with Crippen molar-refractivity contribution in [3.8, 4) is 0 Å². The zero-order chi connectivity index (χ0) is 14.1. The van der Waals surface area contributed by atoms with Gasteiger partial charge in [-0.3, -0.25) is 0 Å². The molecule has 4 nitrogen and oxygen atoms in total. The van der Waals surface area contributed by atoms with Crippen LogP contribution in [0.3, 0.4) is 0 Å². The minimum absolute atomic E-state index is 0.319. The maximum atomic E-state index is 11.6. The molecule has 1 N–H and O–H groups in total. The van der Waals surface area contributed by atoms with E-state index in [-0.39, 0.29) is 0 Å². The van der Waals surface area contributed by atoms with E-state index >= 15 is 0 Å². The zero-order valence-electron chi connectivity index (χ0n) is 12.4. The molecule has 114 valence electrons. The lowest BCUT2D eigenvalue weighted by molar-refractivity contribution is 0.112. The van der Waals surface area contributed by atoms with Crippen molar-refractivity contribution in [2.45, 2.75) is 39.5 Å². The molecule has 0 amide bonds. The molecule has 2 atom stereocenters. The van der Waals surface area contributed by atoms with Gasteiger partial charge in [0.2, 0.25) is 0 Å². The molecule has 0 spiro atoms. The van der Waals surface area contributed by atoms with Crippen LogP contribution in [0.1, 0.15) is 39.5 Å². The Kier molecular flexibility index (Phi) is 7.95. The fraction of sp³-hybridized carbons (Fsp3) is 1.00. The van der Waals surface area contributed by atoms with Gasteiger partial charge in [-0.05, 0) is 50.6 Å².